The summed E-state index contributed by atoms with van der Waals surface area (Å²) in [6.45, 7) is 2.14. The van der Waals surface area contributed by atoms with Crippen molar-refractivity contribution in [3.8, 4) is 5.75 Å². The number of aromatic nitrogens is 2. The van der Waals surface area contributed by atoms with Gasteiger partial charge < -0.3 is 15.4 Å². The number of nitrogens with zero attached hydrogens (tertiary/aromatic N) is 2. The molecule has 3 fully saturated rings. The molecule has 0 saturated heterocycles. The van der Waals surface area contributed by atoms with Gasteiger partial charge in [0.25, 0.3) is 5.91 Å². The molecule has 3 saturated carbocycles. The highest BCUT2D eigenvalue weighted by atomic mass is 35.5. The topological polar surface area (TPSA) is 85.3 Å². The summed E-state index contributed by atoms with van der Waals surface area (Å²) in [4.78, 5) is 24.7. The fraction of sp³-hybridized carbons (Fsp3) is 0.450. The second-order valence-electron chi connectivity index (χ2n) is 8.10. The molecule has 0 radical (unpaired) electrons. The molecule has 2 bridgehead atoms. The second kappa shape index (κ2) is 7.02. The number of hydrogen-bond acceptors (Lipinski definition) is 4. The van der Waals surface area contributed by atoms with Crippen LogP contribution >= 0.6 is 11.6 Å². The zero-order valence-corrected chi connectivity index (χ0v) is 17.0. The van der Waals surface area contributed by atoms with Crippen molar-refractivity contribution in [3.05, 3.63) is 46.5 Å². The van der Waals surface area contributed by atoms with Crippen molar-refractivity contribution in [2.75, 3.05) is 6.61 Å². The van der Waals surface area contributed by atoms with E-state index in [0.717, 1.165) is 17.3 Å². The number of carbonyl (C=O) groups is 2. The zero-order chi connectivity index (χ0) is 20.8. The predicted molar refractivity (Wildman–Crippen MR) is 104 cm³/mol. The molecule has 9 heteroatoms. The van der Waals surface area contributed by atoms with Crippen LogP contribution in [0.5, 0.6) is 5.75 Å². The number of carbonyl (C=O) groups excluding carboxylic acids is 2. The minimum Gasteiger partial charge on any atom is -0.484 e. The standard InChI is InChI=1S/C20H22ClFN4O3/c1-12-13(7-26(2)25-12)6-23-18(28)19-9-20(10-19,11-19)24-17(27)8-29-14-3-4-15(21)16(22)5-14/h3-5,7H,6,8-11H2,1-2H3,(H,23,28)(H,24,27). The second-order valence-corrected chi connectivity index (χ2v) is 8.51. The van der Waals surface area contributed by atoms with Crippen molar-refractivity contribution in [1.82, 2.24) is 20.4 Å². The summed E-state index contributed by atoms with van der Waals surface area (Å²) < 4.78 is 20.4. The average Bonchev–Trinajstić information content (AvgIpc) is 2.93. The van der Waals surface area contributed by atoms with E-state index in [-0.39, 0.29) is 40.1 Å². The maximum Gasteiger partial charge on any atom is 0.258 e. The van der Waals surface area contributed by atoms with Crippen molar-refractivity contribution >= 4 is 23.4 Å². The minimum absolute atomic E-state index is 0.00192. The highest BCUT2D eigenvalue weighted by Gasteiger charge is 2.72. The third-order valence-corrected chi connectivity index (χ3v) is 6.04. The Balaban J connectivity index is 1.22. The van der Waals surface area contributed by atoms with E-state index in [0.29, 0.717) is 25.8 Å². The van der Waals surface area contributed by atoms with Crippen LogP contribution in [-0.4, -0.2) is 33.7 Å². The van der Waals surface area contributed by atoms with Gasteiger partial charge in [0, 0.05) is 37.0 Å². The van der Waals surface area contributed by atoms with Crippen LogP contribution in [0.3, 0.4) is 0 Å². The Morgan fingerprint density at radius 2 is 2.07 bits per heavy atom. The van der Waals surface area contributed by atoms with E-state index in [2.05, 4.69) is 15.7 Å². The van der Waals surface area contributed by atoms with Crippen LogP contribution < -0.4 is 15.4 Å². The van der Waals surface area contributed by atoms with E-state index in [4.69, 9.17) is 16.3 Å². The molecular weight excluding hydrogens is 399 g/mol. The summed E-state index contributed by atoms with van der Waals surface area (Å²) in [6.07, 6.45) is 3.77. The lowest BCUT2D eigenvalue weighted by molar-refractivity contribution is -0.184. The molecule has 0 unspecified atom stereocenters. The molecule has 1 aromatic heterocycles. The van der Waals surface area contributed by atoms with Gasteiger partial charge in [0.1, 0.15) is 11.6 Å². The van der Waals surface area contributed by atoms with Crippen LogP contribution in [0.2, 0.25) is 5.02 Å². The van der Waals surface area contributed by atoms with Gasteiger partial charge in [-0.15, -0.1) is 0 Å². The fourth-order valence-electron chi connectivity index (χ4n) is 4.39. The molecule has 154 valence electrons. The average molecular weight is 421 g/mol. The number of benzene rings is 1. The van der Waals surface area contributed by atoms with E-state index in [1.54, 1.807) is 4.68 Å². The Morgan fingerprint density at radius 3 is 2.69 bits per heavy atom. The SMILES string of the molecule is Cc1nn(C)cc1CNC(=O)C12CC(NC(=O)COc3ccc(Cl)c(F)c3)(C1)C2. The van der Waals surface area contributed by atoms with Gasteiger partial charge in [-0.3, -0.25) is 14.3 Å². The normalized spacial score (nSPS) is 24.3. The summed E-state index contributed by atoms with van der Waals surface area (Å²) in [5.74, 6) is -0.635. The number of hydrogen-bond donors (Lipinski definition) is 2. The van der Waals surface area contributed by atoms with Gasteiger partial charge in [0.2, 0.25) is 5.91 Å². The molecule has 3 aliphatic rings. The number of aryl methyl sites for hydroxylation is 2. The minimum atomic E-state index is -0.599. The molecule has 1 aromatic carbocycles. The van der Waals surface area contributed by atoms with Crippen LogP contribution in [0.15, 0.2) is 24.4 Å². The van der Waals surface area contributed by atoms with Crippen LogP contribution in [-0.2, 0) is 23.2 Å². The van der Waals surface area contributed by atoms with Crippen LogP contribution in [0.25, 0.3) is 0 Å². The van der Waals surface area contributed by atoms with Crippen molar-refractivity contribution in [2.45, 2.75) is 38.3 Å². The molecule has 2 amide bonds. The molecule has 2 aromatic rings. The first-order valence-corrected chi connectivity index (χ1v) is 9.74. The summed E-state index contributed by atoms with van der Waals surface area (Å²) in [6, 6.07) is 4.02. The first-order chi connectivity index (χ1) is 13.7. The first kappa shape index (κ1) is 19.7. The van der Waals surface area contributed by atoms with Gasteiger partial charge in [-0.05, 0) is 38.3 Å². The van der Waals surface area contributed by atoms with Crippen LogP contribution in [0.4, 0.5) is 4.39 Å². The molecule has 5 rings (SSSR count). The van der Waals surface area contributed by atoms with Crippen molar-refractivity contribution in [1.29, 1.82) is 0 Å². The summed E-state index contributed by atoms with van der Waals surface area (Å²) in [5, 5.41) is 10.2. The molecule has 0 atom stereocenters. The van der Waals surface area contributed by atoms with E-state index in [1.807, 2.05) is 20.2 Å². The van der Waals surface area contributed by atoms with E-state index in [1.165, 1.54) is 12.1 Å². The van der Waals surface area contributed by atoms with Gasteiger partial charge in [0.05, 0.1) is 16.1 Å². The third kappa shape index (κ3) is 3.69. The maximum absolute atomic E-state index is 13.4. The Kier molecular flexibility index (Phi) is 4.77. The number of nitrogens with one attached hydrogen (secondary N) is 2. The largest absolute Gasteiger partial charge is 0.484 e. The first-order valence-electron chi connectivity index (χ1n) is 9.37. The molecule has 2 N–H and O–H groups in total. The molecule has 0 spiro atoms. The molecule has 29 heavy (non-hydrogen) atoms. The molecular formula is C20H22ClFN4O3. The number of amides is 2. The Bertz CT molecular complexity index is 970. The number of halogens is 2. The van der Waals surface area contributed by atoms with Crippen LogP contribution in [0.1, 0.15) is 30.5 Å². The van der Waals surface area contributed by atoms with E-state index in [9.17, 15) is 14.0 Å². The Hall–Kier alpha value is -2.61. The molecule has 1 heterocycles. The van der Waals surface area contributed by atoms with E-state index >= 15 is 0 Å². The van der Waals surface area contributed by atoms with Gasteiger partial charge >= 0.3 is 0 Å². The number of rotatable bonds is 7. The Morgan fingerprint density at radius 1 is 1.34 bits per heavy atom. The lowest BCUT2D eigenvalue weighted by Crippen LogP contribution is -2.78. The summed E-state index contributed by atoms with van der Waals surface area (Å²) in [5.41, 5.74) is 1.18. The highest BCUT2D eigenvalue weighted by Crippen LogP contribution is 2.67. The number of ether oxygens (including phenoxy) is 1. The zero-order valence-electron chi connectivity index (χ0n) is 16.2. The fourth-order valence-corrected chi connectivity index (χ4v) is 4.51. The third-order valence-electron chi connectivity index (χ3n) is 5.73. The van der Waals surface area contributed by atoms with E-state index < -0.39 is 5.82 Å². The molecule has 0 aliphatic heterocycles. The quantitative estimate of drug-likeness (QED) is 0.719. The highest BCUT2D eigenvalue weighted by molar-refractivity contribution is 6.30. The van der Waals surface area contributed by atoms with Crippen molar-refractivity contribution in [3.63, 3.8) is 0 Å². The smallest absolute Gasteiger partial charge is 0.258 e. The van der Waals surface area contributed by atoms with Gasteiger partial charge in [-0.2, -0.15) is 5.10 Å². The lowest BCUT2D eigenvalue weighted by atomic mass is 9.39. The van der Waals surface area contributed by atoms with Crippen molar-refractivity contribution < 1.29 is 18.7 Å². The molecule has 7 nitrogen and oxygen atoms in total. The monoisotopic (exact) mass is 420 g/mol. The molecule has 3 aliphatic carbocycles. The van der Waals surface area contributed by atoms with Gasteiger partial charge in [-0.25, -0.2) is 4.39 Å². The van der Waals surface area contributed by atoms with Gasteiger partial charge in [-0.1, -0.05) is 11.6 Å². The summed E-state index contributed by atoms with van der Waals surface area (Å²) in [7, 11) is 1.85. The predicted octanol–water partition coefficient (Wildman–Crippen LogP) is 2.26. The lowest BCUT2D eigenvalue weighted by Gasteiger charge is -2.69. The summed E-state index contributed by atoms with van der Waals surface area (Å²) >= 11 is 5.62. The van der Waals surface area contributed by atoms with Crippen molar-refractivity contribution in [2.24, 2.45) is 12.5 Å². The maximum atomic E-state index is 13.4. The Labute approximate surface area is 172 Å². The van der Waals surface area contributed by atoms with Gasteiger partial charge in [0.15, 0.2) is 6.61 Å². The van der Waals surface area contributed by atoms with Crippen LogP contribution in [0, 0.1) is 18.2 Å².